The molecule has 3 aromatic rings. The van der Waals surface area contributed by atoms with Gasteiger partial charge in [-0.05, 0) is 49.4 Å². The highest BCUT2D eigenvalue weighted by atomic mass is 19.1. The van der Waals surface area contributed by atoms with Crippen LogP contribution in [0.2, 0.25) is 0 Å². The van der Waals surface area contributed by atoms with Crippen LogP contribution in [0.25, 0.3) is 11.3 Å². The summed E-state index contributed by atoms with van der Waals surface area (Å²) < 4.78 is 39.6. The van der Waals surface area contributed by atoms with Gasteiger partial charge in [0.25, 0.3) is 0 Å². The van der Waals surface area contributed by atoms with Crippen molar-refractivity contribution in [3.05, 3.63) is 66.9 Å². The number of ether oxygens (including phenoxy) is 2. The normalized spacial score (nSPS) is 10.5. The van der Waals surface area contributed by atoms with Crippen LogP contribution in [0.3, 0.4) is 0 Å². The molecule has 0 bridgehead atoms. The van der Waals surface area contributed by atoms with Gasteiger partial charge in [-0.15, -0.1) is 0 Å². The van der Waals surface area contributed by atoms with E-state index in [1.807, 2.05) is 24.9 Å². The van der Waals surface area contributed by atoms with Gasteiger partial charge in [0.2, 0.25) is 11.9 Å². The molecule has 1 amide bonds. The Kier molecular flexibility index (Phi) is 8.69. The van der Waals surface area contributed by atoms with Gasteiger partial charge in [-0.1, -0.05) is 6.58 Å². The van der Waals surface area contributed by atoms with E-state index in [1.165, 1.54) is 6.07 Å². The van der Waals surface area contributed by atoms with Crippen LogP contribution in [0.15, 0.2) is 55.3 Å². The average Bonchev–Trinajstić information content (AvgIpc) is 2.84. The number of methoxy groups -OCH3 is 1. The van der Waals surface area contributed by atoms with E-state index in [4.69, 9.17) is 9.47 Å². The van der Waals surface area contributed by atoms with Crippen LogP contribution in [0.1, 0.15) is 6.92 Å². The van der Waals surface area contributed by atoms with E-state index >= 15 is 0 Å². The van der Waals surface area contributed by atoms with E-state index in [1.54, 1.807) is 19.2 Å². The summed E-state index contributed by atoms with van der Waals surface area (Å²) in [5, 5.41) is 5.50. The van der Waals surface area contributed by atoms with Gasteiger partial charge in [0.1, 0.15) is 17.3 Å². The lowest BCUT2D eigenvalue weighted by molar-refractivity contribution is -0.111. The standard InChI is InChI=1S/C25H27F2N5O3/c1-5-23(33)29-19-12-16(11-17(26)13-19)24-20(27)15-28-25(31-24)30-18-7-8-22(34-4)21(14-18)32(3)9-10-35-6-2/h5,7-8,11-15H,1,6,9-10H2,2-4H3,(H,29,33)(H,28,30,31). The number of rotatable bonds is 11. The molecule has 0 fully saturated rings. The lowest BCUT2D eigenvalue weighted by Gasteiger charge is -2.22. The molecule has 2 N–H and O–H groups in total. The summed E-state index contributed by atoms with van der Waals surface area (Å²) in [6.45, 7) is 7.13. The molecule has 2 aromatic carbocycles. The third-order valence-corrected chi connectivity index (χ3v) is 4.99. The molecule has 0 saturated carbocycles. The Morgan fingerprint density at radius 2 is 2.00 bits per heavy atom. The molecule has 0 saturated heterocycles. The molecule has 0 aliphatic heterocycles. The fourth-order valence-electron chi connectivity index (χ4n) is 3.28. The number of carbonyl (C=O) groups is 1. The number of halogens is 2. The summed E-state index contributed by atoms with van der Waals surface area (Å²) in [5.74, 6) is -1.15. The first-order valence-corrected chi connectivity index (χ1v) is 10.9. The Labute approximate surface area is 202 Å². The van der Waals surface area contributed by atoms with Crippen LogP contribution in [-0.4, -0.2) is 49.8 Å². The van der Waals surface area contributed by atoms with Crippen molar-refractivity contribution in [1.29, 1.82) is 0 Å². The smallest absolute Gasteiger partial charge is 0.247 e. The van der Waals surface area contributed by atoms with E-state index in [9.17, 15) is 13.6 Å². The molecule has 0 atom stereocenters. The van der Waals surface area contributed by atoms with Gasteiger partial charge in [0.05, 0.1) is 25.6 Å². The van der Waals surface area contributed by atoms with Crippen molar-refractivity contribution in [3.8, 4) is 17.0 Å². The molecular formula is C25H27F2N5O3. The summed E-state index contributed by atoms with van der Waals surface area (Å²) in [5.41, 5.74) is 1.61. The predicted molar refractivity (Wildman–Crippen MR) is 132 cm³/mol. The molecule has 0 aliphatic rings. The minimum absolute atomic E-state index is 0.107. The summed E-state index contributed by atoms with van der Waals surface area (Å²) in [7, 11) is 3.50. The van der Waals surface area contributed by atoms with E-state index in [-0.39, 0.29) is 22.9 Å². The number of hydrogen-bond acceptors (Lipinski definition) is 7. The molecule has 0 unspecified atom stereocenters. The first-order valence-electron chi connectivity index (χ1n) is 10.9. The Hall–Kier alpha value is -4.05. The van der Waals surface area contributed by atoms with Gasteiger partial charge < -0.3 is 25.0 Å². The van der Waals surface area contributed by atoms with Crippen molar-refractivity contribution in [2.45, 2.75) is 6.92 Å². The molecule has 10 heteroatoms. The molecule has 184 valence electrons. The number of likely N-dealkylation sites (N-methyl/N-ethyl adjacent to an activating group) is 1. The number of anilines is 4. The number of nitrogens with zero attached hydrogens (tertiary/aromatic N) is 3. The van der Waals surface area contributed by atoms with Crippen molar-refractivity contribution >= 4 is 28.9 Å². The fraction of sp³-hybridized carbons (Fsp3) is 0.240. The average molecular weight is 484 g/mol. The van der Waals surface area contributed by atoms with Gasteiger partial charge in [-0.25, -0.2) is 18.7 Å². The number of amides is 1. The first kappa shape index (κ1) is 25.6. The van der Waals surface area contributed by atoms with Gasteiger partial charge in [0.15, 0.2) is 5.82 Å². The second-order valence-electron chi connectivity index (χ2n) is 7.44. The van der Waals surface area contributed by atoms with E-state index in [2.05, 4.69) is 27.2 Å². The van der Waals surface area contributed by atoms with Crippen LogP contribution in [0, 0.1) is 11.6 Å². The molecule has 3 rings (SSSR count). The van der Waals surface area contributed by atoms with Gasteiger partial charge in [-0.2, -0.15) is 0 Å². The van der Waals surface area contributed by atoms with Crippen molar-refractivity contribution in [3.63, 3.8) is 0 Å². The minimum Gasteiger partial charge on any atom is -0.495 e. The van der Waals surface area contributed by atoms with Crippen LogP contribution in [0.4, 0.5) is 31.8 Å². The molecule has 1 heterocycles. The molecular weight excluding hydrogens is 456 g/mol. The summed E-state index contributed by atoms with van der Waals surface area (Å²) >= 11 is 0. The zero-order valence-electron chi connectivity index (χ0n) is 19.8. The van der Waals surface area contributed by atoms with E-state index in [0.717, 1.165) is 30.1 Å². The molecule has 0 radical (unpaired) electrons. The van der Waals surface area contributed by atoms with Crippen molar-refractivity contribution < 1.29 is 23.0 Å². The first-order chi connectivity index (χ1) is 16.8. The van der Waals surface area contributed by atoms with Gasteiger partial charge >= 0.3 is 0 Å². The third kappa shape index (κ3) is 6.73. The van der Waals surface area contributed by atoms with Gasteiger partial charge in [0, 0.05) is 37.1 Å². The molecule has 35 heavy (non-hydrogen) atoms. The monoisotopic (exact) mass is 483 g/mol. The number of hydrogen-bond donors (Lipinski definition) is 2. The van der Waals surface area contributed by atoms with Crippen molar-refractivity contribution in [1.82, 2.24) is 9.97 Å². The maximum absolute atomic E-state index is 14.6. The van der Waals surface area contributed by atoms with E-state index < -0.39 is 17.5 Å². The lowest BCUT2D eigenvalue weighted by Crippen LogP contribution is -2.23. The second-order valence-corrected chi connectivity index (χ2v) is 7.44. The quantitative estimate of drug-likeness (QED) is 0.300. The van der Waals surface area contributed by atoms with Crippen molar-refractivity contribution in [2.24, 2.45) is 0 Å². The van der Waals surface area contributed by atoms with Crippen molar-refractivity contribution in [2.75, 3.05) is 49.4 Å². The summed E-state index contributed by atoms with van der Waals surface area (Å²) in [6, 6.07) is 9.07. The Balaban J connectivity index is 1.89. The third-order valence-electron chi connectivity index (χ3n) is 4.99. The van der Waals surface area contributed by atoms with Crippen LogP contribution in [-0.2, 0) is 9.53 Å². The van der Waals surface area contributed by atoms with E-state index in [0.29, 0.717) is 31.2 Å². The SMILES string of the molecule is C=CC(=O)Nc1cc(F)cc(-c2nc(Nc3ccc(OC)c(N(C)CCOCC)c3)ncc2F)c1. The summed E-state index contributed by atoms with van der Waals surface area (Å²) in [4.78, 5) is 21.8. The highest BCUT2D eigenvalue weighted by Gasteiger charge is 2.14. The fourth-order valence-corrected chi connectivity index (χ4v) is 3.28. The largest absolute Gasteiger partial charge is 0.495 e. The number of aromatic nitrogens is 2. The van der Waals surface area contributed by atoms with Crippen LogP contribution >= 0.6 is 0 Å². The zero-order valence-corrected chi connectivity index (χ0v) is 19.8. The number of benzene rings is 2. The zero-order chi connectivity index (χ0) is 25.4. The molecule has 8 nitrogen and oxygen atoms in total. The second kappa shape index (κ2) is 11.9. The highest BCUT2D eigenvalue weighted by Crippen LogP contribution is 2.32. The Morgan fingerprint density at radius 3 is 2.71 bits per heavy atom. The maximum atomic E-state index is 14.6. The van der Waals surface area contributed by atoms with Gasteiger partial charge in [-0.3, -0.25) is 4.79 Å². The molecule has 0 spiro atoms. The predicted octanol–water partition coefficient (Wildman–Crippen LogP) is 4.77. The van der Waals surface area contributed by atoms with Crippen LogP contribution in [0.5, 0.6) is 5.75 Å². The maximum Gasteiger partial charge on any atom is 0.247 e. The highest BCUT2D eigenvalue weighted by molar-refractivity contribution is 5.99. The molecule has 1 aromatic heterocycles. The van der Waals surface area contributed by atoms with Crippen LogP contribution < -0.4 is 20.3 Å². The topological polar surface area (TPSA) is 88.6 Å². The Bertz CT molecular complexity index is 1210. The number of carbonyl (C=O) groups excluding carboxylic acids is 1. The lowest BCUT2D eigenvalue weighted by atomic mass is 10.1. The summed E-state index contributed by atoms with van der Waals surface area (Å²) in [6.07, 6.45) is 2.05. The Morgan fingerprint density at radius 1 is 1.20 bits per heavy atom. The minimum atomic E-state index is -0.742. The molecule has 0 aliphatic carbocycles. The number of nitrogens with one attached hydrogen (secondary N) is 2.